The number of carbonyl (C=O) groups excluding carboxylic acids is 1. The number of carbonyl (C=O) groups is 1. The lowest BCUT2D eigenvalue weighted by Crippen LogP contribution is -2.14. The molecule has 0 saturated carbocycles. The molecule has 1 amide bonds. The molecule has 0 saturated heterocycles. The maximum Gasteiger partial charge on any atom is 0.258 e. The van der Waals surface area contributed by atoms with Crippen LogP contribution in [0.15, 0.2) is 30.5 Å². The number of nitrogens with two attached hydrogens (primary N) is 1. The van der Waals surface area contributed by atoms with Crippen molar-refractivity contribution in [1.82, 2.24) is 9.97 Å². The summed E-state index contributed by atoms with van der Waals surface area (Å²) in [5, 5.41) is 2.89. The van der Waals surface area contributed by atoms with Crippen molar-refractivity contribution in [2.24, 2.45) is 0 Å². The second kappa shape index (κ2) is 5.01. The van der Waals surface area contributed by atoms with E-state index >= 15 is 0 Å². The summed E-state index contributed by atoms with van der Waals surface area (Å²) in [5.74, 6) is 0.334. The first-order valence-corrected chi connectivity index (χ1v) is 5.60. The molecular weight excluding hydrogens is 252 g/mol. The van der Waals surface area contributed by atoms with E-state index in [2.05, 4.69) is 15.3 Å². The van der Waals surface area contributed by atoms with Crippen molar-refractivity contribution in [2.45, 2.75) is 6.92 Å². The molecule has 0 spiro atoms. The van der Waals surface area contributed by atoms with E-state index < -0.39 is 0 Å². The second-order valence-electron chi connectivity index (χ2n) is 3.71. The van der Waals surface area contributed by atoms with Crippen LogP contribution in [-0.4, -0.2) is 15.9 Å². The zero-order chi connectivity index (χ0) is 13.1. The molecule has 92 valence electrons. The van der Waals surface area contributed by atoms with Gasteiger partial charge in [0.25, 0.3) is 5.91 Å². The number of nitrogen functional groups attached to an aromatic ring is 1. The number of nitrogens with one attached hydrogen (secondary N) is 1. The van der Waals surface area contributed by atoms with Gasteiger partial charge in [-0.25, -0.2) is 9.97 Å². The number of hydrogen-bond acceptors (Lipinski definition) is 4. The van der Waals surface area contributed by atoms with E-state index in [9.17, 15) is 4.79 Å². The summed E-state index contributed by atoms with van der Waals surface area (Å²) < 4.78 is 0. The average molecular weight is 263 g/mol. The normalized spacial score (nSPS) is 10.1. The fraction of sp³-hybridized carbons (Fsp3) is 0.0833. The Labute approximate surface area is 109 Å². The van der Waals surface area contributed by atoms with Crippen molar-refractivity contribution in [3.63, 3.8) is 0 Å². The summed E-state index contributed by atoms with van der Waals surface area (Å²) in [4.78, 5) is 19.9. The number of hydrogen-bond donors (Lipinski definition) is 2. The van der Waals surface area contributed by atoms with E-state index in [4.69, 9.17) is 17.3 Å². The molecule has 2 heterocycles. The third-order valence-corrected chi connectivity index (χ3v) is 2.55. The molecule has 0 aliphatic carbocycles. The third-order valence-electron chi connectivity index (χ3n) is 2.25. The van der Waals surface area contributed by atoms with Crippen molar-refractivity contribution in [3.8, 4) is 0 Å². The quantitative estimate of drug-likeness (QED) is 0.870. The van der Waals surface area contributed by atoms with Crippen LogP contribution in [0.5, 0.6) is 0 Å². The van der Waals surface area contributed by atoms with E-state index in [-0.39, 0.29) is 22.3 Å². The predicted octanol–water partition coefficient (Wildman–Crippen LogP) is 2.27. The van der Waals surface area contributed by atoms with Crippen LogP contribution in [0.3, 0.4) is 0 Å². The lowest BCUT2D eigenvalue weighted by Gasteiger charge is -2.06. The highest BCUT2D eigenvalue weighted by Gasteiger charge is 2.12. The predicted molar refractivity (Wildman–Crippen MR) is 70.6 cm³/mol. The second-order valence-corrected chi connectivity index (χ2v) is 4.11. The molecule has 2 rings (SSSR count). The third kappa shape index (κ3) is 2.75. The lowest BCUT2D eigenvalue weighted by atomic mass is 10.2. The lowest BCUT2D eigenvalue weighted by molar-refractivity contribution is 0.102. The molecule has 0 unspecified atom stereocenters. The van der Waals surface area contributed by atoms with Gasteiger partial charge in [-0.05, 0) is 25.1 Å². The highest BCUT2D eigenvalue weighted by molar-refractivity contribution is 6.34. The maximum absolute atomic E-state index is 12.0. The minimum absolute atomic E-state index is 0.238. The number of nitrogens with zero attached hydrogens (tertiary/aromatic N) is 2. The van der Waals surface area contributed by atoms with Crippen molar-refractivity contribution in [3.05, 3.63) is 46.7 Å². The molecule has 6 heteroatoms. The molecule has 0 aliphatic heterocycles. The van der Waals surface area contributed by atoms with E-state index in [0.29, 0.717) is 5.82 Å². The molecule has 3 N–H and O–H groups in total. The fourth-order valence-corrected chi connectivity index (χ4v) is 1.61. The van der Waals surface area contributed by atoms with Gasteiger partial charge < -0.3 is 11.1 Å². The number of aryl methyl sites for hydroxylation is 1. The molecule has 5 nitrogen and oxygen atoms in total. The Bertz CT molecular complexity index is 600. The maximum atomic E-state index is 12.0. The molecule has 2 aromatic rings. The zero-order valence-corrected chi connectivity index (χ0v) is 10.4. The first-order valence-electron chi connectivity index (χ1n) is 5.22. The zero-order valence-electron chi connectivity index (χ0n) is 9.64. The topological polar surface area (TPSA) is 80.9 Å². The van der Waals surface area contributed by atoms with Gasteiger partial charge in [-0.15, -0.1) is 0 Å². The van der Waals surface area contributed by atoms with E-state index in [1.807, 2.05) is 13.0 Å². The van der Waals surface area contributed by atoms with Gasteiger partial charge in [-0.3, -0.25) is 4.79 Å². The Morgan fingerprint density at radius 3 is 2.94 bits per heavy atom. The van der Waals surface area contributed by atoms with Crippen LogP contribution in [0.1, 0.15) is 16.1 Å². The minimum atomic E-state index is -0.368. The van der Waals surface area contributed by atoms with Gasteiger partial charge in [0.1, 0.15) is 11.6 Å². The molecule has 0 aliphatic rings. The summed E-state index contributed by atoms with van der Waals surface area (Å²) in [5.41, 5.74) is 6.60. The van der Waals surface area contributed by atoms with Crippen molar-refractivity contribution < 1.29 is 4.79 Å². The number of pyridine rings is 2. The highest BCUT2D eigenvalue weighted by Crippen LogP contribution is 2.18. The van der Waals surface area contributed by atoms with Gasteiger partial charge >= 0.3 is 0 Å². The fourth-order valence-electron chi connectivity index (χ4n) is 1.43. The van der Waals surface area contributed by atoms with Gasteiger partial charge in [0, 0.05) is 11.9 Å². The van der Waals surface area contributed by atoms with Crippen molar-refractivity contribution in [1.29, 1.82) is 0 Å². The summed E-state index contributed by atoms with van der Waals surface area (Å²) in [7, 11) is 0. The first-order chi connectivity index (χ1) is 8.56. The molecule has 0 radical (unpaired) electrons. The molecule has 0 bridgehead atoms. The minimum Gasteiger partial charge on any atom is -0.384 e. The van der Waals surface area contributed by atoms with E-state index in [1.165, 1.54) is 12.3 Å². The van der Waals surface area contributed by atoms with Crippen LogP contribution in [0.4, 0.5) is 11.6 Å². The molecular formula is C12H11ClN4O. The Morgan fingerprint density at radius 2 is 2.22 bits per heavy atom. The number of amides is 1. The van der Waals surface area contributed by atoms with Gasteiger partial charge in [0.05, 0.1) is 10.6 Å². The molecule has 0 atom stereocenters. The number of anilines is 2. The van der Waals surface area contributed by atoms with Crippen LogP contribution in [-0.2, 0) is 0 Å². The van der Waals surface area contributed by atoms with Gasteiger partial charge in [-0.1, -0.05) is 17.7 Å². The van der Waals surface area contributed by atoms with Crippen LogP contribution >= 0.6 is 11.6 Å². The van der Waals surface area contributed by atoms with Crippen LogP contribution in [0.25, 0.3) is 0 Å². The summed E-state index contributed by atoms with van der Waals surface area (Å²) in [6, 6.07) is 6.77. The Balaban J connectivity index is 2.24. The summed E-state index contributed by atoms with van der Waals surface area (Å²) in [6.45, 7) is 1.84. The van der Waals surface area contributed by atoms with Crippen LogP contribution < -0.4 is 11.1 Å². The Kier molecular flexibility index (Phi) is 3.43. The summed E-state index contributed by atoms with van der Waals surface area (Å²) in [6.07, 6.45) is 1.34. The standard InChI is InChI=1S/C12H11ClN4O/c1-7-3-2-4-11(16-7)17-12(18)8-5-10(14)15-6-9(8)13/h2-6H,1H3,(H2,14,15)(H,16,17,18). The van der Waals surface area contributed by atoms with Gasteiger partial charge in [-0.2, -0.15) is 0 Å². The van der Waals surface area contributed by atoms with Crippen molar-refractivity contribution in [2.75, 3.05) is 11.1 Å². The van der Waals surface area contributed by atoms with E-state index in [1.54, 1.807) is 12.1 Å². The molecule has 0 aromatic carbocycles. The monoisotopic (exact) mass is 262 g/mol. The van der Waals surface area contributed by atoms with Crippen LogP contribution in [0.2, 0.25) is 5.02 Å². The Morgan fingerprint density at radius 1 is 1.44 bits per heavy atom. The molecule has 18 heavy (non-hydrogen) atoms. The molecule has 0 fully saturated rings. The number of halogens is 1. The highest BCUT2D eigenvalue weighted by atomic mass is 35.5. The number of aromatic nitrogens is 2. The largest absolute Gasteiger partial charge is 0.384 e. The number of rotatable bonds is 2. The van der Waals surface area contributed by atoms with Gasteiger partial charge in [0.15, 0.2) is 0 Å². The van der Waals surface area contributed by atoms with Crippen LogP contribution in [0, 0.1) is 6.92 Å². The van der Waals surface area contributed by atoms with Gasteiger partial charge in [0.2, 0.25) is 0 Å². The van der Waals surface area contributed by atoms with E-state index in [0.717, 1.165) is 5.69 Å². The first kappa shape index (κ1) is 12.3. The molecule has 2 aromatic heterocycles. The van der Waals surface area contributed by atoms with Crippen molar-refractivity contribution >= 4 is 29.1 Å². The summed E-state index contributed by atoms with van der Waals surface area (Å²) >= 11 is 5.89. The Hall–Kier alpha value is -2.14. The smallest absolute Gasteiger partial charge is 0.258 e. The average Bonchev–Trinajstić information content (AvgIpc) is 2.32. The SMILES string of the molecule is Cc1cccc(NC(=O)c2cc(N)ncc2Cl)n1.